The fourth-order valence-electron chi connectivity index (χ4n) is 3.76. The highest BCUT2D eigenvalue weighted by molar-refractivity contribution is 7.15. The van der Waals surface area contributed by atoms with Crippen LogP contribution in [-0.2, 0) is 0 Å². The molecule has 0 fully saturated rings. The number of rotatable bonds is 4. The highest BCUT2D eigenvalue weighted by Crippen LogP contribution is 2.42. The average Bonchev–Trinajstić information content (AvgIpc) is 3.34. The monoisotopic (exact) mass is 435 g/mol. The number of aryl methyl sites for hydroxylation is 1. The maximum atomic E-state index is 13.5. The Morgan fingerprint density at radius 2 is 1.71 bits per heavy atom. The van der Waals surface area contributed by atoms with Gasteiger partial charge in [0.05, 0.1) is 31.2 Å². The van der Waals surface area contributed by atoms with E-state index in [1.54, 1.807) is 44.4 Å². The van der Waals surface area contributed by atoms with Crippen LogP contribution in [0.5, 0.6) is 11.5 Å². The van der Waals surface area contributed by atoms with Crippen LogP contribution >= 0.6 is 11.3 Å². The highest BCUT2D eigenvalue weighted by Gasteiger charge is 2.45. The molecule has 31 heavy (non-hydrogen) atoms. The molecule has 9 heteroatoms. The Balaban J connectivity index is 1.78. The van der Waals surface area contributed by atoms with Crippen molar-refractivity contribution in [3.8, 4) is 11.5 Å². The zero-order valence-electron chi connectivity index (χ0n) is 16.9. The first-order valence-corrected chi connectivity index (χ1v) is 10.3. The molecule has 0 saturated carbocycles. The summed E-state index contributed by atoms with van der Waals surface area (Å²) in [4.78, 5) is 28.4. The molecule has 1 aliphatic rings. The number of methoxy groups -OCH3 is 2. The molecule has 0 saturated heterocycles. The lowest BCUT2D eigenvalue weighted by Gasteiger charge is -2.22. The first-order chi connectivity index (χ1) is 15.0. The smallest absolute Gasteiger partial charge is 0.297 e. The minimum Gasteiger partial charge on any atom is -0.497 e. The molecule has 0 unspecified atom stereocenters. The number of hydrogen-bond donors (Lipinski definition) is 0. The van der Waals surface area contributed by atoms with E-state index in [0.717, 1.165) is 5.56 Å². The SMILES string of the molecule is COc1ccc([C@@H]2c3c(oc4cc(OC)ccc4c3=O)C(=O)N2c2nnc(C)s2)cc1. The number of nitrogens with zero attached hydrogens (tertiary/aromatic N) is 3. The molecule has 1 aliphatic heterocycles. The Hall–Kier alpha value is -3.72. The molecule has 0 N–H and O–H groups in total. The average molecular weight is 435 g/mol. The maximum absolute atomic E-state index is 13.5. The van der Waals surface area contributed by atoms with Crippen LogP contribution in [0.15, 0.2) is 51.7 Å². The van der Waals surface area contributed by atoms with E-state index in [4.69, 9.17) is 13.9 Å². The van der Waals surface area contributed by atoms with Gasteiger partial charge in [0.15, 0.2) is 5.43 Å². The summed E-state index contributed by atoms with van der Waals surface area (Å²) >= 11 is 1.28. The lowest BCUT2D eigenvalue weighted by Crippen LogP contribution is -2.29. The molecular formula is C22H17N3O5S. The Morgan fingerprint density at radius 3 is 2.35 bits per heavy atom. The molecule has 4 aromatic rings. The van der Waals surface area contributed by atoms with Crippen LogP contribution in [0.25, 0.3) is 11.0 Å². The molecule has 5 rings (SSSR count). The van der Waals surface area contributed by atoms with E-state index in [-0.39, 0.29) is 16.8 Å². The summed E-state index contributed by atoms with van der Waals surface area (Å²) in [6.45, 7) is 1.81. The van der Waals surface area contributed by atoms with E-state index in [0.29, 0.717) is 32.6 Å². The number of amides is 1. The molecule has 156 valence electrons. The number of anilines is 1. The van der Waals surface area contributed by atoms with Crippen molar-refractivity contribution in [2.24, 2.45) is 0 Å². The fraction of sp³-hybridized carbons (Fsp3) is 0.182. The molecule has 1 atom stereocenters. The summed E-state index contributed by atoms with van der Waals surface area (Å²) in [5, 5.41) is 9.68. The molecule has 0 spiro atoms. The molecule has 8 nitrogen and oxygen atoms in total. The van der Waals surface area contributed by atoms with E-state index in [9.17, 15) is 9.59 Å². The zero-order valence-corrected chi connectivity index (χ0v) is 17.7. The molecule has 2 aromatic heterocycles. The lowest BCUT2D eigenvalue weighted by molar-refractivity contribution is 0.0970. The summed E-state index contributed by atoms with van der Waals surface area (Å²) in [5.74, 6) is 0.766. The van der Waals surface area contributed by atoms with Crippen molar-refractivity contribution in [3.63, 3.8) is 0 Å². The fourth-order valence-corrected chi connectivity index (χ4v) is 4.47. The van der Waals surface area contributed by atoms with E-state index in [1.165, 1.54) is 23.3 Å². The Morgan fingerprint density at radius 1 is 1.00 bits per heavy atom. The van der Waals surface area contributed by atoms with Crippen LogP contribution in [0.2, 0.25) is 0 Å². The van der Waals surface area contributed by atoms with Gasteiger partial charge in [0.1, 0.15) is 22.1 Å². The second kappa shape index (κ2) is 7.21. The number of ether oxygens (including phenoxy) is 2. The molecule has 3 heterocycles. The number of fused-ring (bicyclic) bond motifs is 2. The third-order valence-corrected chi connectivity index (χ3v) is 6.07. The zero-order chi connectivity index (χ0) is 21.7. The lowest BCUT2D eigenvalue weighted by atomic mass is 9.98. The minimum absolute atomic E-state index is 0.000533. The van der Waals surface area contributed by atoms with Crippen LogP contribution in [0.3, 0.4) is 0 Å². The summed E-state index contributed by atoms with van der Waals surface area (Å²) in [7, 11) is 3.10. The van der Waals surface area contributed by atoms with Crippen molar-refractivity contribution >= 4 is 33.3 Å². The van der Waals surface area contributed by atoms with Crippen molar-refractivity contribution < 1.29 is 18.7 Å². The Bertz CT molecular complexity index is 1380. The molecular weight excluding hydrogens is 418 g/mol. The van der Waals surface area contributed by atoms with Crippen molar-refractivity contribution in [1.82, 2.24) is 10.2 Å². The first-order valence-electron chi connectivity index (χ1n) is 9.44. The number of carbonyl (C=O) groups excluding carboxylic acids is 1. The number of aromatic nitrogens is 2. The third kappa shape index (κ3) is 2.97. The predicted molar refractivity (Wildman–Crippen MR) is 115 cm³/mol. The third-order valence-electron chi connectivity index (χ3n) is 5.23. The summed E-state index contributed by atoms with van der Waals surface area (Å²) in [5.41, 5.74) is 1.04. The largest absolute Gasteiger partial charge is 0.497 e. The van der Waals surface area contributed by atoms with E-state index < -0.39 is 11.9 Å². The van der Waals surface area contributed by atoms with Gasteiger partial charge in [-0.25, -0.2) is 0 Å². The predicted octanol–water partition coefficient (Wildman–Crippen LogP) is 3.72. The summed E-state index contributed by atoms with van der Waals surface area (Å²) < 4.78 is 16.4. The van der Waals surface area contributed by atoms with Gasteiger partial charge in [0.2, 0.25) is 10.9 Å². The van der Waals surface area contributed by atoms with Crippen molar-refractivity contribution in [1.29, 1.82) is 0 Å². The summed E-state index contributed by atoms with van der Waals surface area (Å²) in [6, 6.07) is 11.5. The Labute approximate surface area is 180 Å². The van der Waals surface area contributed by atoms with Gasteiger partial charge in [-0.2, -0.15) is 0 Å². The second-order valence-corrected chi connectivity index (χ2v) is 8.15. The quantitative estimate of drug-likeness (QED) is 0.482. The molecule has 0 radical (unpaired) electrons. The standard InChI is InChI=1S/C22H17N3O5S/c1-11-23-24-22(31-11)25-18(12-4-6-13(28-2)7-5-12)17-19(26)15-9-8-14(29-3)10-16(15)30-20(17)21(25)27/h4-10,18H,1-3H3/t18-/m1/s1. The Kier molecular flexibility index (Phi) is 4.48. The molecule has 2 aromatic carbocycles. The van der Waals surface area contributed by atoms with Crippen LogP contribution in [0.1, 0.15) is 32.7 Å². The minimum atomic E-state index is -0.691. The maximum Gasteiger partial charge on any atom is 0.297 e. The van der Waals surface area contributed by atoms with E-state index >= 15 is 0 Å². The molecule has 0 bridgehead atoms. The molecule has 1 amide bonds. The van der Waals surface area contributed by atoms with Crippen LogP contribution in [-0.4, -0.2) is 30.3 Å². The van der Waals surface area contributed by atoms with Crippen molar-refractivity contribution in [3.05, 3.63) is 74.6 Å². The number of benzene rings is 2. The van der Waals surface area contributed by atoms with Crippen molar-refractivity contribution in [2.75, 3.05) is 19.1 Å². The van der Waals surface area contributed by atoms with E-state index in [2.05, 4.69) is 10.2 Å². The van der Waals surface area contributed by atoms with Crippen LogP contribution < -0.4 is 19.8 Å². The van der Waals surface area contributed by atoms with E-state index in [1.807, 2.05) is 12.1 Å². The van der Waals surface area contributed by atoms with Gasteiger partial charge >= 0.3 is 0 Å². The van der Waals surface area contributed by atoms with Crippen LogP contribution in [0.4, 0.5) is 5.13 Å². The number of carbonyl (C=O) groups is 1. The number of hydrogen-bond acceptors (Lipinski definition) is 8. The van der Waals surface area contributed by atoms with Gasteiger partial charge in [-0.3, -0.25) is 14.5 Å². The van der Waals surface area contributed by atoms with Crippen LogP contribution in [0, 0.1) is 6.92 Å². The van der Waals surface area contributed by atoms with Gasteiger partial charge in [-0.1, -0.05) is 23.5 Å². The molecule has 0 aliphatic carbocycles. The highest BCUT2D eigenvalue weighted by atomic mass is 32.1. The van der Waals surface area contributed by atoms with Gasteiger partial charge in [-0.15, -0.1) is 10.2 Å². The summed E-state index contributed by atoms with van der Waals surface area (Å²) in [6.07, 6.45) is 0. The van der Waals surface area contributed by atoms with Gasteiger partial charge < -0.3 is 13.9 Å². The van der Waals surface area contributed by atoms with Gasteiger partial charge in [0.25, 0.3) is 5.91 Å². The normalized spacial score (nSPS) is 15.4. The van der Waals surface area contributed by atoms with Crippen molar-refractivity contribution in [2.45, 2.75) is 13.0 Å². The second-order valence-electron chi connectivity index (χ2n) is 6.99. The van der Waals surface area contributed by atoms with Gasteiger partial charge in [0, 0.05) is 6.07 Å². The first kappa shape index (κ1) is 19.3. The van der Waals surface area contributed by atoms with Gasteiger partial charge in [-0.05, 0) is 36.8 Å². The topological polar surface area (TPSA) is 94.8 Å².